The van der Waals surface area contributed by atoms with E-state index < -0.39 is 23.5 Å². The molecule has 1 atom stereocenters. The Morgan fingerprint density at radius 2 is 1.60 bits per heavy atom. The number of piperazine rings is 1. The minimum atomic E-state index is -0.921. The molecule has 0 unspecified atom stereocenters. The highest BCUT2D eigenvalue weighted by Gasteiger charge is 2.31. The number of benzene rings is 2. The van der Waals surface area contributed by atoms with E-state index in [9.17, 15) is 19.2 Å². The number of rotatable bonds is 14. The molecule has 1 aromatic heterocycles. The van der Waals surface area contributed by atoms with Gasteiger partial charge in [-0.05, 0) is 51.3 Å². The number of nitrogens with one attached hydrogen (secondary N) is 1. The predicted molar refractivity (Wildman–Crippen MR) is 179 cm³/mol. The van der Waals surface area contributed by atoms with Crippen LogP contribution in [0.15, 0.2) is 60.7 Å². The van der Waals surface area contributed by atoms with Gasteiger partial charge in [-0.15, -0.1) is 0 Å². The third-order valence-corrected chi connectivity index (χ3v) is 7.52. The molecule has 12 heteroatoms. The summed E-state index contributed by atoms with van der Waals surface area (Å²) in [6, 6.07) is 17.3. The van der Waals surface area contributed by atoms with Crippen LogP contribution in [0, 0.1) is 0 Å². The second-order valence-corrected chi connectivity index (χ2v) is 12.5. The number of para-hydroxylation sites is 1. The second-order valence-electron chi connectivity index (χ2n) is 12.5. The van der Waals surface area contributed by atoms with E-state index in [0.29, 0.717) is 50.3 Å². The predicted octanol–water partition coefficient (Wildman–Crippen LogP) is 4.74. The lowest BCUT2D eigenvalue weighted by Crippen LogP contribution is -2.56. The maximum Gasteiger partial charge on any atom is 0.409 e. The number of ether oxygens (including phenoxy) is 4. The smallest absolute Gasteiger partial charge is 0.409 e. The summed E-state index contributed by atoms with van der Waals surface area (Å²) in [4.78, 5) is 60.0. The van der Waals surface area contributed by atoms with E-state index >= 15 is 0 Å². The fraction of sp³-hybridized carbons (Fsp3) is 0.472. The zero-order valence-electron chi connectivity index (χ0n) is 28.2. The van der Waals surface area contributed by atoms with Crippen LogP contribution in [0.4, 0.5) is 4.79 Å². The normalized spacial score (nSPS) is 13.9. The molecule has 1 aliphatic rings. The minimum absolute atomic E-state index is 0.0236. The largest absolute Gasteiger partial charge is 0.481 e. The highest BCUT2D eigenvalue weighted by Crippen LogP contribution is 2.26. The van der Waals surface area contributed by atoms with Gasteiger partial charge >= 0.3 is 12.1 Å². The van der Waals surface area contributed by atoms with Gasteiger partial charge in [-0.25, -0.2) is 14.6 Å². The summed E-state index contributed by atoms with van der Waals surface area (Å²) in [5.74, 6) is -1.13. The van der Waals surface area contributed by atoms with E-state index in [2.05, 4.69) is 10.3 Å². The van der Waals surface area contributed by atoms with E-state index in [1.807, 2.05) is 37.3 Å². The molecule has 1 N–H and O–H groups in total. The number of carbonyl (C=O) groups is 4. The van der Waals surface area contributed by atoms with Crippen LogP contribution in [0.2, 0.25) is 0 Å². The van der Waals surface area contributed by atoms with E-state index in [-0.39, 0.29) is 43.1 Å². The molecular formula is C36H46N4O8. The summed E-state index contributed by atoms with van der Waals surface area (Å²) >= 11 is 0. The molecule has 1 fully saturated rings. The van der Waals surface area contributed by atoms with Crippen molar-refractivity contribution in [2.24, 2.45) is 0 Å². The number of aromatic nitrogens is 1. The molecule has 1 saturated heterocycles. The SMILES string of the molecule is CCCCOC(=O)N1CCN(C(=O)[C@H](CCOCc2ccccc2)NC(=O)c2cc(OCC(=O)OC(C)(C)C)c3ccccc3n2)CC1. The van der Waals surface area contributed by atoms with Crippen LogP contribution in [0.1, 0.15) is 63.0 Å². The molecule has 12 nitrogen and oxygen atoms in total. The Kier molecular flexibility index (Phi) is 13.1. The van der Waals surface area contributed by atoms with Crippen molar-refractivity contribution in [1.82, 2.24) is 20.1 Å². The third kappa shape index (κ3) is 10.9. The van der Waals surface area contributed by atoms with Crippen LogP contribution in [0.25, 0.3) is 10.9 Å². The molecule has 0 aliphatic carbocycles. The zero-order valence-corrected chi connectivity index (χ0v) is 28.2. The number of pyridine rings is 1. The highest BCUT2D eigenvalue weighted by molar-refractivity contribution is 5.99. The first-order valence-corrected chi connectivity index (χ1v) is 16.4. The van der Waals surface area contributed by atoms with E-state index in [1.165, 1.54) is 6.07 Å². The van der Waals surface area contributed by atoms with Crippen molar-refractivity contribution < 1.29 is 38.1 Å². The average Bonchev–Trinajstić information content (AvgIpc) is 3.07. The van der Waals surface area contributed by atoms with Crippen molar-refractivity contribution in [2.45, 2.75) is 65.2 Å². The molecule has 0 saturated carbocycles. The van der Waals surface area contributed by atoms with E-state index in [0.717, 1.165) is 18.4 Å². The fourth-order valence-corrected chi connectivity index (χ4v) is 5.07. The van der Waals surface area contributed by atoms with Crippen LogP contribution in [0.3, 0.4) is 0 Å². The maximum atomic E-state index is 13.8. The van der Waals surface area contributed by atoms with Gasteiger partial charge in [0.15, 0.2) is 6.61 Å². The van der Waals surface area contributed by atoms with Crippen LogP contribution in [-0.4, -0.2) is 96.3 Å². The Hall–Kier alpha value is -4.71. The van der Waals surface area contributed by atoms with E-state index in [1.54, 1.807) is 54.8 Å². The maximum absolute atomic E-state index is 13.8. The number of hydrogen-bond acceptors (Lipinski definition) is 9. The Morgan fingerprint density at radius 3 is 2.31 bits per heavy atom. The summed E-state index contributed by atoms with van der Waals surface area (Å²) in [7, 11) is 0. The molecule has 0 spiro atoms. The summed E-state index contributed by atoms with van der Waals surface area (Å²) in [5, 5.41) is 3.48. The first-order chi connectivity index (χ1) is 23.0. The van der Waals surface area contributed by atoms with Crippen molar-refractivity contribution in [3.05, 3.63) is 71.9 Å². The van der Waals surface area contributed by atoms with Gasteiger partial charge in [0.05, 0.1) is 18.7 Å². The standard InChI is InChI=1S/C36H46N4O8/c1-5-6-21-46-35(44)40-19-17-39(18-20-40)34(43)29(16-22-45-24-26-12-8-7-9-13-26)38-33(42)30-23-31(27-14-10-11-15-28(27)37-30)47-25-32(41)48-36(2,3)4/h7-15,23,29H,5-6,16-22,24-25H2,1-4H3,(H,38,42)/t29-/m0/s1. The number of fused-ring (bicyclic) bond motifs is 1. The number of esters is 1. The Labute approximate surface area is 281 Å². The van der Waals surface area contributed by atoms with Crippen LogP contribution < -0.4 is 10.1 Å². The fourth-order valence-electron chi connectivity index (χ4n) is 5.07. The molecule has 0 radical (unpaired) electrons. The molecule has 3 aromatic rings. The average molecular weight is 663 g/mol. The Balaban J connectivity index is 1.47. The molecule has 3 amide bonds. The second kappa shape index (κ2) is 17.4. The van der Waals surface area contributed by atoms with Gasteiger partial charge in [0.1, 0.15) is 23.1 Å². The first kappa shape index (κ1) is 36.1. The molecule has 1 aliphatic heterocycles. The Bertz CT molecular complexity index is 1530. The molecule has 2 heterocycles. The highest BCUT2D eigenvalue weighted by atomic mass is 16.6. The van der Waals surface area contributed by atoms with Crippen molar-refractivity contribution in [3.8, 4) is 5.75 Å². The molecule has 48 heavy (non-hydrogen) atoms. The zero-order chi connectivity index (χ0) is 34.5. The van der Waals surface area contributed by atoms with Crippen LogP contribution in [0.5, 0.6) is 5.75 Å². The summed E-state index contributed by atoms with van der Waals surface area (Å²) in [5.41, 5.74) is 0.824. The number of carbonyl (C=O) groups excluding carboxylic acids is 4. The summed E-state index contributed by atoms with van der Waals surface area (Å²) in [6.07, 6.45) is 1.54. The van der Waals surface area contributed by atoms with Gasteiger partial charge in [0.25, 0.3) is 5.91 Å². The number of unbranched alkanes of at least 4 members (excludes halogenated alkanes) is 1. The first-order valence-electron chi connectivity index (χ1n) is 16.4. The lowest BCUT2D eigenvalue weighted by molar-refractivity contribution is -0.157. The summed E-state index contributed by atoms with van der Waals surface area (Å²) < 4.78 is 22.4. The quantitative estimate of drug-likeness (QED) is 0.192. The van der Waals surface area contributed by atoms with Gasteiger partial charge in [-0.3, -0.25) is 9.59 Å². The molecule has 0 bridgehead atoms. The molecule has 2 aromatic carbocycles. The monoisotopic (exact) mass is 662 g/mol. The van der Waals surface area contributed by atoms with Crippen molar-refractivity contribution in [2.75, 3.05) is 46.0 Å². The van der Waals surface area contributed by atoms with Crippen molar-refractivity contribution in [3.63, 3.8) is 0 Å². The number of hydrogen-bond donors (Lipinski definition) is 1. The summed E-state index contributed by atoms with van der Waals surface area (Å²) in [6.45, 7) is 9.16. The van der Waals surface area contributed by atoms with Crippen LogP contribution >= 0.6 is 0 Å². The lowest BCUT2D eigenvalue weighted by Gasteiger charge is -2.36. The van der Waals surface area contributed by atoms with Gasteiger partial charge in [-0.1, -0.05) is 55.8 Å². The van der Waals surface area contributed by atoms with Crippen molar-refractivity contribution in [1.29, 1.82) is 0 Å². The number of amides is 3. The number of nitrogens with zero attached hydrogens (tertiary/aromatic N) is 3. The third-order valence-electron chi connectivity index (χ3n) is 7.52. The van der Waals surface area contributed by atoms with Crippen molar-refractivity contribution >= 4 is 34.8 Å². The molecule has 4 rings (SSSR count). The van der Waals surface area contributed by atoms with Gasteiger partial charge in [-0.2, -0.15) is 0 Å². The van der Waals surface area contributed by atoms with Crippen LogP contribution in [-0.2, 0) is 30.4 Å². The van der Waals surface area contributed by atoms with E-state index in [4.69, 9.17) is 18.9 Å². The van der Waals surface area contributed by atoms with Gasteiger partial charge in [0.2, 0.25) is 5.91 Å². The minimum Gasteiger partial charge on any atom is -0.481 e. The van der Waals surface area contributed by atoms with Gasteiger partial charge in [0, 0.05) is 44.2 Å². The molecule has 258 valence electrons. The Morgan fingerprint density at radius 1 is 0.917 bits per heavy atom. The topological polar surface area (TPSA) is 137 Å². The van der Waals surface area contributed by atoms with Gasteiger partial charge < -0.3 is 34.1 Å². The molecular weight excluding hydrogens is 616 g/mol. The lowest BCUT2D eigenvalue weighted by atomic mass is 10.1.